The van der Waals surface area contributed by atoms with Crippen LogP contribution in [0.3, 0.4) is 0 Å². The average Bonchev–Trinajstić information content (AvgIpc) is 2.93. The maximum atomic E-state index is 11.8. The van der Waals surface area contributed by atoms with Crippen molar-refractivity contribution in [3.05, 3.63) is 23.3 Å². The zero-order chi connectivity index (χ0) is 12.7. The van der Waals surface area contributed by atoms with Crippen LogP contribution in [0.15, 0.2) is 12.1 Å². The second-order valence-electron chi connectivity index (χ2n) is 5.22. The summed E-state index contributed by atoms with van der Waals surface area (Å²) in [6.07, 6.45) is 1.59. The number of nitrogens with one attached hydrogen (secondary N) is 1. The molecule has 1 amide bonds. The molecule has 96 valence electrons. The van der Waals surface area contributed by atoms with E-state index in [1.165, 1.54) is 16.8 Å². The van der Waals surface area contributed by atoms with Gasteiger partial charge in [0.1, 0.15) is 5.75 Å². The van der Waals surface area contributed by atoms with Crippen LogP contribution in [0.2, 0.25) is 0 Å². The van der Waals surface area contributed by atoms with E-state index in [1.807, 2.05) is 0 Å². The average molecular weight is 246 g/mol. The predicted octanol–water partition coefficient (Wildman–Crippen LogP) is 1.61. The van der Waals surface area contributed by atoms with Gasteiger partial charge in [-0.3, -0.25) is 4.79 Å². The Bertz CT molecular complexity index is 497. The zero-order valence-electron chi connectivity index (χ0n) is 10.8. The van der Waals surface area contributed by atoms with Gasteiger partial charge in [0.25, 0.3) is 0 Å². The van der Waals surface area contributed by atoms with Crippen LogP contribution in [0.4, 0.5) is 5.69 Å². The van der Waals surface area contributed by atoms with E-state index in [2.05, 4.69) is 17.4 Å². The third-order valence-corrected chi connectivity index (χ3v) is 3.75. The summed E-state index contributed by atoms with van der Waals surface area (Å²) < 4.78 is 5.72. The molecule has 3 rings (SSSR count). The topological polar surface area (TPSA) is 41.6 Å². The van der Waals surface area contributed by atoms with Crippen molar-refractivity contribution in [3.63, 3.8) is 0 Å². The van der Waals surface area contributed by atoms with Gasteiger partial charge in [0.2, 0.25) is 5.91 Å². The van der Waals surface area contributed by atoms with Crippen molar-refractivity contribution in [2.24, 2.45) is 0 Å². The first-order valence-electron chi connectivity index (χ1n) is 6.39. The summed E-state index contributed by atoms with van der Waals surface area (Å²) in [6, 6.07) is 4.29. The van der Waals surface area contributed by atoms with E-state index < -0.39 is 0 Å². The molecule has 0 fully saturated rings. The minimum absolute atomic E-state index is 0.157. The van der Waals surface area contributed by atoms with E-state index in [1.54, 1.807) is 19.0 Å². The summed E-state index contributed by atoms with van der Waals surface area (Å²) in [4.78, 5) is 13.4. The number of carbonyl (C=O) groups excluding carboxylic acids is 1. The molecular formula is C14H18N2O2. The number of carbonyl (C=O) groups is 1. The Morgan fingerprint density at radius 1 is 1.50 bits per heavy atom. The van der Waals surface area contributed by atoms with Crippen molar-refractivity contribution >= 4 is 11.6 Å². The Morgan fingerprint density at radius 3 is 3.11 bits per heavy atom. The van der Waals surface area contributed by atoms with Crippen molar-refractivity contribution in [1.82, 2.24) is 4.90 Å². The van der Waals surface area contributed by atoms with Gasteiger partial charge in [0, 0.05) is 44.2 Å². The smallest absolute Gasteiger partial charge is 0.222 e. The van der Waals surface area contributed by atoms with Gasteiger partial charge >= 0.3 is 0 Å². The fourth-order valence-corrected chi connectivity index (χ4v) is 2.63. The molecule has 18 heavy (non-hydrogen) atoms. The minimum atomic E-state index is 0.157. The first-order valence-corrected chi connectivity index (χ1v) is 6.39. The monoisotopic (exact) mass is 246 g/mol. The highest BCUT2D eigenvalue weighted by Gasteiger charge is 2.29. The number of amides is 1. The van der Waals surface area contributed by atoms with Crippen LogP contribution in [0.5, 0.6) is 5.75 Å². The van der Waals surface area contributed by atoms with Gasteiger partial charge in [-0.05, 0) is 24.1 Å². The normalized spacial score (nSPS) is 19.8. The molecule has 2 heterocycles. The third-order valence-electron chi connectivity index (χ3n) is 3.75. The molecule has 4 nitrogen and oxygen atoms in total. The molecule has 1 N–H and O–H groups in total. The molecular weight excluding hydrogens is 228 g/mol. The summed E-state index contributed by atoms with van der Waals surface area (Å²) >= 11 is 0. The van der Waals surface area contributed by atoms with Crippen LogP contribution in [0.1, 0.15) is 23.5 Å². The highest BCUT2D eigenvalue weighted by Crippen LogP contribution is 2.40. The highest BCUT2D eigenvalue weighted by atomic mass is 16.5. The molecule has 0 spiro atoms. The van der Waals surface area contributed by atoms with Gasteiger partial charge in [-0.15, -0.1) is 0 Å². The summed E-state index contributed by atoms with van der Waals surface area (Å²) in [6.45, 7) is 1.62. The lowest BCUT2D eigenvalue weighted by Crippen LogP contribution is -2.24. The lowest BCUT2D eigenvalue weighted by atomic mass is 9.95. The fraction of sp³-hybridized carbons (Fsp3) is 0.500. The van der Waals surface area contributed by atoms with Crippen LogP contribution in [-0.2, 0) is 11.2 Å². The van der Waals surface area contributed by atoms with Gasteiger partial charge in [0.15, 0.2) is 0 Å². The molecule has 0 radical (unpaired) electrons. The number of ether oxygens (including phenoxy) is 1. The lowest BCUT2D eigenvalue weighted by Gasteiger charge is -2.14. The second-order valence-corrected chi connectivity index (χ2v) is 5.22. The standard InChI is InChI=1S/C14H18N2O2/c1-16(2)14(17)6-10-8-18-13-5-9-3-4-15-12(9)7-11(10)13/h5,7,10,15H,3-4,6,8H2,1-2H3. The number of benzene rings is 1. The molecule has 4 heteroatoms. The van der Waals surface area contributed by atoms with E-state index in [4.69, 9.17) is 4.74 Å². The molecule has 1 unspecified atom stereocenters. The van der Waals surface area contributed by atoms with Crippen LogP contribution in [0, 0.1) is 0 Å². The summed E-state index contributed by atoms with van der Waals surface area (Å²) in [5.41, 5.74) is 3.72. The minimum Gasteiger partial charge on any atom is -0.493 e. The van der Waals surface area contributed by atoms with Crippen molar-refractivity contribution in [3.8, 4) is 5.75 Å². The van der Waals surface area contributed by atoms with Crippen LogP contribution in [0.25, 0.3) is 0 Å². The first-order chi connectivity index (χ1) is 8.65. The molecule has 1 atom stereocenters. The molecule has 0 aliphatic carbocycles. The largest absolute Gasteiger partial charge is 0.493 e. The van der Waals surface area contributed by atoms with E-state index in [0.29, 0.717) is 13.0 Å². The second kappa shape index (κ2) is 4.19. The summed E-state index contributed by atoms with van der Waals surface area (Å²) in [5, 5.41) is 3.38. The zero-order valence-corrected chi connectivity index (χ0v) is 10.8. The highest BCUT2D eigenvalue weighted by molar-refractivity contribution is 5.77. The predicted molar refractivity (Wildman–Crippen MR) is 70.2 cm³/mol. The van der Waals surface area contributed by atoms with Crippen molar-refractivity contribution in [2.75, 3.05) is 32.6 Å². The van der Waals surface area contributed by atoms with Crippen molar-refractivity contribution in [2.45, 2.75) is 18.8 Å². The number of hydrogen-bond donors (Lipinski definition) is 1. The van der Waals surface area contributed by atoms with Crippen LogP contribution < -0.4 is 10.1 Å². The lowest BCUT2D eigenvalue weighted by molar-refractivity contribution is -0.129. The number of nitrogens with zero attached hydrogens (tertiary/aromatic N) is 1. The van der Waals surface area contributed by atoms with Crippen molar-refractivity contribution < 1.29 is 9.53 Å². The Balaban J connectivity index is 1.85. The Labute approximate surface area is 107 Å². The summed E-state index contributed by atoms with van der Waals surface area (Å²) in [7, 11) is 3.59. The van der Waals surface area contributed by atoms with E-state index in [0.717, 1.165) is 18.7 Å². The van der Waals surface area contributed by atoms with Gasteiger partial charge in [0.05, 0.1) is 6.61 Å². The maximum Gasteiger partial charge on any atom is 0.222 e. The fourth-order valence-electron chi connectivity index (χ4n) is 2.63. The molecule has 2 aliphatic rings. The van der Waals surface area contributed by atoms with Crippen molar-refractivity contribution in [1.29, 1.82) is 0 Å². The Kier molecular flexibility index (Phi) is 2.65. The number of anilines is 1. The van der Waals surface area contributed by atoms with E-state index in [9.17, 15) is 4.79 Å². The Morgan fingerprint density at radius 2 is 2.33 bits per heavy atom. The molecule has 0 saturated heterocycles. The molecule has 2 aliphatic heterocycles. The number of hydrogen-bond acceptors (Lipinski definition) is 3. The molecule has 0 bridgehead atoms. The summed E-state index contributed by atoms with van der Waals surface area (Å²) in [5.74, 6) is 1.32. The third kappa shape index (κ3) is 1.82. The first kappa shape index (κ1) is 11.4. The Hall–Kier alpha value is -1.71. The molecule has 1 aromatic rings. The molecule has 0 aromatic heterocycles. The van der Waals surface area contributed by atoms with Gasteiger partial charge in [-0.25, -0.2) is 0 Å². The molecule has 0 saturated carbocycles. The van der Waals surface area contributed by atoms with Crippen LogP contribution >= 0.6 is 0 Å². The maximum absolute atomic E-state index is 11.8. The number of rotatable bonds is 2. The van der Waals surface area contributed by atoms with Crippen LogP contribution in [-0.4, -0.2) is 38.1 Å². The quantitative estimate of drug-likeness (QED) is 0.862. The van der Waals surface area contributed by atoms with E-state index in [-0.39, 0.29) is 11.8 Å². The van der Waals surface area contributed by atoms with E-state index >= 15 is 0 Å². The van der Waals surface area contributed by atoms with Gasteiger partial charge < -0.3 is 15.0 Å². The van der Waals surface area contributed by atoms with Gasteiger partial charge in [-0.2, -0.15) is 0 Å². The molecule has 1 aromatic carbocycles. The SMILES string of the molecule is CN(C)C(=O)CC1COc2cc3c(cc21)NCC3. The number of fused-ring (bicyclic) bond motifs is 2. The van der Waals surface area contributed by atoms with Gasteiger partial charge in [-0.1, -0.05) is 0 Å².